The highest BCUT2D eigenvalue weighted by atomic mass is 32.2. The maximum atomic E-state index is 12.2. The number of nitrogens with zero attached hydrogens (tertiary/aromatic N) is 2. The van der Waals surface area contributed by atoms with Gasteiger partial charge in [0.1, 0.15) is 5.75 Å². The van der Waals surface area contributed by atoms with Crippen LogP contribution in [-0.4, -0.2) is 41.5 Å². The second-order valence-corrected chi connectivity index (χ2v) is 5.71. The number of rotatable bonds is 7. The summed E-state index contributed by atoms with van der Waals surface area (Å²) in [5, 5.41) is 8.47. The molecule has 0 fully saturated rings. The molecule has 1 rings (SSSR count). The predicted molar refractivity (Wildman–Crippen MR) is 76.8 cm³/mol. The van der Waals surface area contributed by atoms with Crippen molar-refractivity contribution in [1.82, 2.24) is 4.90 Å². The van der Waals surface area contributed by atoms with Crippen molar-refractivity contribution in [1.29, 1.82) is 5.26 Å². The molecule has 1 aromatic rings. The Morgan fingerprint density at radius 2 is 2.15 bits per heavy atom. The second-order valence-electron chi connectivity index (χ2n) is 4.17. The monoisotopic (exact) mass is 294 g/mol. The molecule has 0 heterocycles. The first-order chi connectivity index (χ1) is 9.60. The molecule has 0 aromatic heterocycles. The Kier molecular flexibility index (Phi) is 6.74. The molecule has 20 heavy (non-hydrogen) atoms. The minimum atomic E-state index is -1.28. The zero-order valence-corrected chi connectivity index (χ0v) is 12.5. The lowest BCUT2D eigenvalue weighted by Gasteiger charge is -2.15. The van der Waals surface area contributed by atoms with E-state index in [0.29, 0.717) is 23.6 Å². The van der Waals surface area contributed by atoms with Crippen molar-refractivity contribution in [3.05, 3.63) is 24.3 Å². The normalized spacial score (nSPS) is 11.4. The molecule has 0 N–H and O–H groups in total. The van der Waals surface area contributed by atoms with Crippen molar-refractivity contribution in [2.24, 2.45) is 0 Å². The molecule has 1 unspecified atom stereocenters. The molecule has 0 aliphatic carbocycles. The lowest BCUT2D eigenvalue weighted by atomic mass is 10.3. The quantitative estimate of drug-likeness (QED) is 0.765. The fourth-order valence-corrected chi connectivity index (χ4v) is 2.82. The summed E-state index contributed by atoms with van der Waals surface area (Å²) in [7, 11) is 1.89. The Balaban J connectivity index is 2.55. The lowest BCUT2D eigenvalue weighted by Crippen LogP contribution is -2.28. The molecule has 0 saturated heterocycles. The van der Waals surface area contributed by atoms with Gasteiger partial charge in [0.15, 0.2) is 0 Å². The third-order valence-electron chi connectivity index (χ3n) is 2.80. The van der Waals surface area contributed by atoms with Crippen LogP contribution in [0.5, 0.6) is 5.75 Å². The second kappa shape index (κ2) is 8.33. The van der Waals surface area contributed by atoms with E-state index in [1.807, 2.05) is 6.07 Å². The number of benzene rings is 1. The van der Waals surface area contributed by atoms with Gasteiger partial charge in [-0.05, 0) is 12.1 Å². The minimum absolute atomic E-state index is 0.108. The van der Waals surface area contributed by atoms with E-state index >= 15 is 0 Å². The van der Waals surface area contributed by atoms with Crippen LogP contribution >= 0.6 is 0 Å². The van der Waals surface area contributed by atoms with Crippen LogP contribution in [0, 0.1) is 11.3 Å². The van der Waals surface area contributed by atoms with Gasteiger partial charge in [0.2, 0.25) is 5.91 Å². The minimum Gasteiger partial charge on any atom is -0.495 e. The zero-order valence-electron chi connectivity index (χ0n) is 11.7. The summed E-state index contributed by atoms with van der Waals surface area (Å²) in [4.78, 5) is 13.9. The predicted octanol–water partition coefficient (Wildman–Crippen LogP) is 1.56. The van der Waals surface area contributed by atoms with Crippen molar-refractivity contribution in [3.8, 4) is 11.8 Å². The largest absolute Gasteiger partial charge is 0.495 e. The summed E-state index contributed by atoms with van der Waals surface area (Å²) < 4.78 is 17.3. The Morgan fingerprint density at radius 1 is 1.45 bits per heavy atom. The summed E-state index contributed by atoms with van der Waals surface area (Å²) in [6.07, 6.45) is 0.491. The Labute approximate surface area is 121 Å². The SMILES string of the molecule is COc1ccccc1S(=O)CCC(=O)N(C)CCC#N. The van der Waals surface area contributed by atoms with Crippen molar-refractivity contribution in [2.45, 2.75) is 17.7 Å². The lowest BCUT2D eigenvalue weighted by molar-refractivity contribution is -0.129. The van der Waals surface area contributed by atoms with Crippen molar-refractivity contribution < 1.29 is 13.7 Å². The molecular weight excluding hydrogens is 276 g/mol. The summed E-state index contributed by atoms with van der Waals surface area (Å²) in [5.74, 6) is 0.704. The van der Waals surface area contributed by atoms with Crippen molar-refractivity contribution >= 4 is 16.7 Å². The maximum Gasteiger partial charge on any atom is 0.223 e. The van der Waals surface area contributed by atoms with E-state index in [2.05, 4.69) is 0 Å². The van der Waals surface area contributed by atoms with Crippen LogP contribution in [0.1, 0.15) is 12.8 Å². The van der Waals surface area contributed by atoms with Crippen LogP contribution < -0.4 is 4.74 Å². The van der Waals surface area contributed by atoms with Crippen LogP contribution in [0.2, 0.25) is 0 Å². The van der Waals surface area contributed by atoms with E-state index in [4.69, 9.17) is 10.00 Å². The average Bonchev–Trinajstić information content (AvgIpc) is 2.49. The van der Waals surface area contributed by atoms with E-state index in [-0.39, 0.29) is 18.1 Å². The van der Waals surface area contributed by atoms with Crippen molar-refractivity contribution in [3.63, 3.8) is 0 Å². The molecule has 0 aliphatic rings. The van der Waals surface area contributed by atoms with Gasteiger partial charge in [0, 0.05) is 25.8 Å². The first-order valence-electron chi connectivity index (χ1n) is 6.22. The van der Waals surface area contributed by atoms with Crippen LogP contribution in [-0.2, 0) is 15.6 Å². The van der Waals surface area contributed by atoms with Crippen LogP contribution in [0.4, 0.5) is 0 Å². The molecule has 0 spiro atoms. The third-order valence-corrected chi connectivity index (χ3v) is 4.20. The van der Waals surface area contributed by atoms with Crippen molar-refractivity contribution in [2.75, 3.05) is 26.5 Å². The molecule has 1 amide bonds. The van der Waals surface area contributed by atoms with Gasteiger partial charge in [-0.3, -0.25) is 9.00 Å². The summed E-state index contributed by atoms with van der Waals surface area (Å²) in [6, 6.07) is 9.06. The Hall–Kier alpha value is -1.87. The number of hydrogen-bond acceptors (Lipinski definition) is 4. The number of nitriles is 1. The van der Waals surface area contributed by atoms with Crippen LogP contribution in [0.15, 0.2) is 29.2 Å². The van der Waals surface area contributed by atoms with E-state index < -0.39 is 10.8 Å². The zero-order chi connectivity index (χ0) is 15.0. The van der Waals surface area contributed by atoms with Crippen LogP contribution in [0.3, 0.4) is 0 Å². The molecule has 1 atom stereocenters. The number of para-hydroxylation sites is 1. The number of hydrogen-bond donors (Lipinski definition) is 0. The first-order valence-corrected chi connectivity index (χ1v) is 7.54. The summed E-state index contributed by atoms with van der Waals surface area (Å²) in [5.41, 5.74) is 0. The fraction of sp³-hybridized carbons (Fsp3) is 0.429. The van der Waals surface area contributed by atoms with E-state index in [0.717, 1.165) is 0 Å². The fourth-order valence-electron chi connectivity index (χ4n) is 1.63. The number of carbonyl (C=O) groups excluding carboxylic acids is 1. The van der Waals surface area contributed by atoms with E-state index in [1.54, 1.807) is 31.3 Å². The molecule has 0 radical (unpaired) electrons. The smallest absolute Gasteiger partial charge is 0.223 e. The highest BCUT2D eigenvalue weighted by Crippen LogP contribution is 2.21. The van der Waals surface area contributed by atoms with Gasteiger partial charge in [-0.1, -0.05) is 12.1 Å². The molecular formula is C14H18N2O3S. The summed E-state index contributed by atoms with van der Waals surface area (Å²) >= 11 is 0. The highest BCUT2D eigenvalue weighted by Gasteiger charge is 2.14. The Bertz CT molecular complexity index is 525. The first kappa shape index (κ1) is 16.2. The molecule has 5 nitrogen and oxygen atoms in total. The highest BCUT2D eigenvalue weighted by molar-refractivity contribution is 7.85. The number of ether oxygens (including phenoxy) is 1. The number of methoxy groups -OCH3 is 1. The summed E-state index contributed by atoms with van der Waals surface area (Å²) in [6.45, 7) is 0.399. The van der Waals surface area contributed by atoms with Gasteiger partial charge in [-0.25, -0.2) is 0 Å². The van der Waals surface area contributed by atoms with Gasteiger partial charge in [0.05, 0.1) is 35.3 Å². The topological polar surface area (TPSA) is 70.4 Å². The van der Waals surface area contributed by atoms with E-state index in [1.165, 1.54) is 12.0 Å². The van der Waals surface area contributed by atoms with E-state index in [9.17, 15) is 9.00 Å². The number of carbonyl (C=O) groups is 1. The van der Waals surface area contributed by atoms with Gasteiger partial charge in [-0.15, -0.1) is 0 Å². The third kappa shape index (κ3) is 4.67. The molecule has 6 heteroatoms. The molecule has 0 aliphatic heterocycles. The standard InChI is InChI=1S/C14H18N2O3S/c1-16(10-5-9-15)14(17)8-11-20(18)13-7-4-3-6-12(13)19-2/h3-4,6-7H,5,8,10-11H2,1-2H3. The van der Waals surface area contributed by atoms with Gasteiger partial charge < -0.3 is 9.64 Å². The number of amides is 1. The average molecular weight is 294 g/mol. The van der Waals surface area contributed by atoms with Crippen LogP contribution in [0.25, 0.3) is 0 Å². The van der Waals surface area contributed by atoms with Gasteiger partial charge in [-0.2, -0.15) is 5.26 Å². The van der Waals surface area contributed by atoms with Gasteiger partial charge in [0.25, 0.3) is 0 Å². The Morgan fingerprint density at radius 3 is 2.80 bits per heavy atom. The maximum absolute atomic E-state index is 12.2. The van der Waals surface area contributed by atoms with Gasteiger partial charge >= 0.3 is 0 Å². The molecule has 108 valence electrons. The molecule has 0 saturated carbocycles. The molecule has 1 aromatic carbocycles. The molecule has 0 bridgehead atoms.